The molecule has 14 heavy (non-hydrogen) atoms. The van der Waals surface area contributed by atoms with Crippen LogP contribution in [0.25, 0.3) is 11.0 Å². The van der Waals surface area contributed by atoms with Gasteiger partial charge in [0.05, 0.1) is 5.39 Å². The minimum absolute atomic E-state index is 0.473. The van der Waals surface area contributed by atoms with Gasteiger partial charge in [-0.25, -0.2) is 4.98 Å². The first-order valence-corrected chi connectivity index (χ1v) is 4.52. The van der Waals surface area contributed by atoms with Gasteiger partial charge < -0.3 is 0 Å². The maximum atomic E-state index is 8.67. The van der Waals surface area contributed by atoms with E-state index in [1.54, 1.807) is 6.20 Å². The summed E-state index contributed by atoms with van der Waals surface area (Å²) in [5.41, 5.74) is 2.10. The van der Waals surface area contributed by atoms with Crippen LogP contribution in [0.1, 0.15) is 25.1 Å². The molecule has 0 unspecified atom stereocenters. The number of aromatic nitrogens is 3. The van der Waals surface area contributed by atoms with Crippen LogP contribution < -0.4 is 0 Å². The van der Waals surface area contributed by atoms with Crippen LogP contribution in [0.4, 0.5) is 0 Å². The van der Waals surface area contributed by atoms with Gasteiger partial charge in [-0.15, -0.1) is 0 Å². The van der Waals surface area contributed by atoms with Gasteiger partial charge in [-0.2, -0.15) is 10.4 Å². The molecule has 0 saturated heterocycles. The predicted octanol–water partition coefficient (Wildman–Crippen LogP) is 2.16. The van der Waals surface area contributed by atoms with E-state index in [4.69, 9.17) is 5.26 Å². The summed E-state index contributed by atoms with van der Waals surface area (Å²) in [6.07, 6.45) is 1.73. The number of fused-ring (bicyclic) bond motifs is 1. The molecule has 0 radical (unpaired) electrons. The first-order chi connectivity index (χ1) is 6.81. The van der Waals surface area contributed by atoms with Crippen molar-refractivity contribution in [3.05, 3.63) is 23.5 Å². The van der Waals surface area contributed by atoms with Crippen LogP contribution in [0, 0.1) is 18.3 Å². The predicted molar refractivity (Wildman–Crippen MR) is 54.7 cm³/mol. The first kappa shape index (κ1) is 10.2. The third-order valence-corrected chi connectivity index (χ3v) is 1.66. The Morgan fingerprint density at radius 2 is 2.14 bits per heavy atom. The smallest absolute Gasteiger partial charge is 0.182 e. The van der Waals surface area contributed by atoms with Crippen LogP contribution in [-0.2, 0) is 0 Å². The molecule has 0 fully saturated rings. The Labute approximate surface area is 82.6 Å². The number of H-pyrrole nitrogens is 1. The van der Waals surface area contributed by atoms with Crippen LogP contribution >= 0.6 is 0 Å². The van der Waals surface area contributed by atoms with Gasteiger partial charge in [-0.1, -0.05) is 13.8 Å². The number of nitrogens with zero attached hydrogens (tertiary/aromatic N) is 3. The fraction of sp³-hybridized carbons (Fsp3) is 0.300. The Bertz CT molecular complexity index is 464. The molecule has 0 amide bonds. The molecule has 2 heterocycles. The van der Waals surface area contributed by atoms with Crippen molar-refractivity contribution in [1.29, 1.82) is 5.26 Å². The zero-order valence-electron chi connectivity index (χ0n) is 8.50. The zero-order valence-corrected chi connectivity index (χ0v) is 8.50. The maximum Gasteiger partial charge on any atom is 0.182 e. The van der Waals surface area contributed by atoms with Gasteiger partial charge >= 0.3 is 0 Å². The third-order valence-electron chi connectivity index (χ3n) is 1.66. The molecule has 0 bridgehead atoms. The number of nitrogens with one attached hydrogen (secondary N) is 1. The molecule has 0 atom stereocenters. The molecule has 4 heteroatoms. The third kappa shape index (κ3) is 1.72. The number of aromatic amines is 1. The molecule has 1 N–H and O–H groups in total. The largest absolute Gasteiger partial charge is 0.265 e. The van der Waals surface area contributed by atoms with E-state index in [2.05, 4.69) is 15.2 Å². The highest BCUT2D eigenvalue weighted by molar-refractivity contribution is 5.80. The highest BCUT2D eigenvalue weighted by Crippen LogP contribution is 2.13. The van der Waals surface area contributed by atoms with E-state index in [-0.39, 0.29) is 0 Å². The maximum absolute atomic E-state index is 8.67. The molecule has 2 rings (SSSR count). The van der Waals surface area contributed by atoms with Gasteiger partial charge in [0.15, 0.2) is 5.65 Å². The monoisotopic (exact) mass is 188 g/mol. The molecule has 0 aliphatic heterocycles. The van der Waals surface area contributed by atoms with Gasteiger partial charge in [-0.3, -0.25) is 5.10 Å². The summed E-state index contributed by atoms with van der Waals surface area (Å²) in [7, 11) is 0. The number of nitriles is 1. The van der Waals surface area contributed by atoms with E-state index >= 15 is 0 Å². The molecule has 2 aromatic heterocycles. The highest BCUT2D eigenvalue weighted by Gasteiger charge is 2.04. The van der Waals surface area contributed by atoms with E-state index in [1.807, 2.05) is 32.9 Å². The number of aryl methyl sites for hydroxylation is 1. The van der Waals surface area contributed by atoms with Crippen molar-refractivity contribution in [2.75, 3.05) is 0 Å². The van der Waals surface area contributed by atoms with Gasteiger partial charge in [0.1, 0.15) is 11.8 Å². The van der Waals surface area contributed by atoms with Gasteiger partial charge in [-0.05, 0) is 18.6 Å². The fourth-order valence-corrected chi connectivity index (χ4v) is 1.09. The zero-order chi connectivity index (χ0) is 10.6. The molecular formula is C10H12N4. The summed E-state index contributed by atoms with van der Waals surface area (Å²) >= 11 is 0. The van der Waals surface area contributed by atoms with Crippen LogP contribution in [0.5, 0.6) is 0 Å². The number of hydrogen-bond donors (Lipinski definition) is 1. The van der Waals surface area contributed by atoms with E-state index < -0.39 is 0 Å². The lowest BCUT2D eigenvalue weighted by Crippen LogP contribution is -1.78. The highest BCUT2D eigenvalue weighted by atomic mass is 15.1. The fourth-order valence-electron chi connectivity index (χ4n) is 1.09. The first-order valence-electron chi connectivity index (χ1n) is 4.52. The van der Waals surface area contributed by atoms with Gasteiger partial charge in [0, 0.05) is 6.20 Å². The molecule has 0 aromatic carbocycles. The molecule has 0 spiro atoms. The van der Waals surface area contributed by atoms with Crippen molar-refractivity contribution in [2.24, 2.45) is 0 Å². The molecule has 0 saturated carbocycles. The molecule has 4 nitrogen and oxygen atoms in total. The second kappa shape index (κ2) is 4.38. The second-order valence-corrected chi connectivity index (χ2v) is 2.59. The number of hydrogen-bond acceptors (Lipinski definition) is 3. The van der Waals surface area contributed by atoms with Crippen molar-refractivity contribution >= 4 is 11.0 Å². The number of rotatable bonds is 0. The van der Waals surface area contributed by atoms with Crippen molar-refractivity contribution in [2.45, 2.75) is 20.8 Å². The van der Waals surface area contributed by atoms with Gasteiger partial charge in [0.2, 0.25) is 0 Å². The average Bonchev–Trinajstić information content (AvgIpc) is 2.63. The lowest BCUT2D eigenvalue weighted by Gasteiger charge is -1.89. The van der Waals surface area contributed by atoms with Crippen LogP contribution in [-0.4, -0.2) is 15.2 Å². The standard InChI is InChI=1S/C8H6N4.C2H6/c1-5-2-6-7(3-9)11-12-8(6)10-4-5;1-2/h2,4H,1H3,(H,10,11,12);1-2H3. The molecule has 72 valence electrons. The van der Waals surface area contributed by atoms with E-state index in [0.717, 1.165) is 10.9 Å². The van der Waals surface area contributed by atoms with E-state index in [1.165, 1.54) is 0 Å². The normalized spacial score (nSPS) is 9.00. The SMILES string of the molecule is CC.Cc1cnc2n[nH]c(C#N)c2c1. The Kier molecular flexibility index (Phi) is 3.19. The quantitative estimate of drug-likeness (QED) is 0.689. The Balaban J connectivity index is 0.000000461. The van der Waals surface area contributed by atoms with Crippen LogP contribution in [0.3, 0.4) is 0 Å². The Hall–Kier alpha value is -1.89. The molecular weight excluding hydrogens is 176 g/mol. The molecule has 0 aliphatic carbocycles. The van der Waals surface area contributed by atoms with Gasteiger partial charge in [0.25, 0.3) is 0 Å². The summed E-state index contributed by atoms with van der Waals surface area (Å²) in [4.78, 5) is 4.06. The Morgan fingerprint density at radius 1 is 1.43 bits per heavy atom. The summed E-state index contributed by atoms with van der Waals surface area (Å²) in [6.45, 7) is 5.93. The van der Waals surface area contributed by atoms with E-state index in [9.17, 15) is 0 Å². The molecule has 0 aliphatic rings. The minimum Gasteiger partial charge on any atom is -0.265 e. The minimum atomic E-state index is 0.473. The van der Waals surface area contributed by atoms with Crippen molar-refractivity contribution in [3.63, 3.8) is 0 Å². The van der Waals surface area contributed by atoms with Crippen LogP contribution in [0.15, 0.2) is 12.3 Å². The summed E-state index contributed by atoms with van der Waals surface area (Å²) in [5.74, 6) is 0. The van der Waals surface area contributed by atoms with Crippen LogP contribution in [0.2, 0.25) is 0 Å². The Morgan fingerprint density at radius 3 is 2.79 bits per heavy atom. The molecule has 2 aromatic rings. The lowest BCUT2D eigenvalue weighted by molar-refractivity contribution is 1.08. The van der Waals surface area contributed by atoms with E-state index in [0.29, 0.717) is 11.3 Å². The summed E-state index contributed by atoms with van der Waals surface area (Å²) < 4.78 is 0. The lowest BCUT2D eigenvalue weighted by atomic mass is 10.2. The average molecular weight is 188 g/mol. The topological polar surface area (TPSA) is 65.4 Å². The number of pyridine rings is 1. The van der Waals surface area contributed by atoms with Crippen molar-refractivity contribution < 1.29 is 0 Å². The van der Waals surface area contributed by atoms with Crippen molar-refractivity contribution in [1.82, 2.24) is 15.2 Å². The second-order valence-electron chi connectivity index (χ2n) is 2.59. The summed E-state index contributed by atoms with van der Waals surface area (Å²) in [5, 5.41) is 15.9. The van der Waals surface area contributed by atoms with Crippen molar-refractivity contribution in [3.8, 4) is 6.07 Å². The summed E-state index contributed by atoms with van der Waals surface area (Å²) in [6, 6.07) is 3.91.